The topological polar surface area (TPSA) is 0 Å². The molecular weight excluding hydrogens is 290 g/mol. The maximum atomic E-state index is 2.67. The number of fused-ring (bicyclic) bond motifs is 2. The van der Waals surface area contributed by atoms with Gasteiger partial charge in [0.1, 0.15) is 0 Å². The highest BCUT2D eigenvalue weighted by molar-refractivity contribution is 7.71. The normalized spacial score (nSPS) is 47.9. The molecule has 4 aliphatic rings. The largest absolute Gasteiger partial charge is 0.0984 e. The fourth-order valence-corrected chi connectivity index (χ4v) is 14.0. The highest BCUT2D eigenvalue weighted by atomic mass is 31.1. The van der Waals surface area contributed by atoms with Crippen LogP contribution in [-0.4, -0.2) is 34.5 Å². The van der Waals surface area contributed by atoms with Crippen LogP contribution in [0.5, 0.6) is 0 Å². The van der Waals surface area contributed by atoms with E-state index in [9.17, 15) is 0 Å². The van der Waals surface area contributed by atoms with Gasteiger partial charge in [-0.25, -0.2) is 0 Å². The monoisotopic (exact) mass is 324 g/mol. The molecule has 0 aromatic heterocycles. The Bertz CT molecular complexity index is 327. The lowest BCUT2D eigenvalue weighted by atomic mass is 10.0. The van der Waals surface area contributed by atoms with Crippen LogP contribution in [0.15, 0.2) is 0 Å². The van der Waals surface area contributed by atoms with Crippen molar-refractivity contribution in [3.8, 4) is 0 Å². The third-order valence-electron chi connectivity index (χ3n) is 6.81. The fourth-order valence-electron chi connectivity index (χ4n) is 5.59. The van der Waals surface area contributed by atoms with Crippen LogP contribution >= 0.6 is 15.8 Å². The first-order valence-electron chi connectivity index (χ1n) is 9.89. The summed E-state index contributed by atoms with van der Waals surface area (Å²) in [5.41, 5.74) is 6.10. The third-order valence-corrected chi connectivity index (χ3v) is 14.3. The molecule has 4 fully saturated rings. The molecule has 2 heteroatoms. The van der Waals surface area contributed by atoms with Crippen molar-refractivity contribution in [2.75, 3.05) is 6.16 Å². The Balaban J connectivity index is 1.29. The quantitative estimate of drug-likeness (QED) is 0.516. The summed E-state index contributed by atoms with van der Waals surface area (Å²) in [4.78, 5) is 0. The lowest BCUT2D eigenvalue weighted by molar-refractivity contribution is 0.551. The predicted molar refractivity (Wildman–Crippen MR) is 98.7 cm³/mol. The number of hydrogen-bond donors (Lipinski definition) is 0. The predicted octanol–water partition coefficient (Wildman–Crippen LogP) is 6.55. The van der Waals surface area contributed by atoms with Gasteiger partial charge in [-0.1, -0.05) is 74.1 Å². The average molecular weight is 324 g/mol. The van der Waals surface area contributed by atoms with E-state index >= 15 is 0 Å². The zero-order valence-electron chi connectivity index (χ0n) is 14.0. The molecule has 4 rings (SSSR count). The van der Waals surface area contributed by atoms with Gasteiger partial charge in [-0.3, -0.25) is 0 Å². The van der Waals surface area contributed by atoms with Crippen LogP contribution in [0.4, 0.5) is 0 Å². The van der Waals surface area contributed by atoms with Gasteiger partial charge in [0.2, 0.25) is 0 Å². The summed E-state index contributed by atoms with van der Waals surface area (Å²) < 4.78 is 0. The Kier molecular flexibility index (Phi) is 4.96. The molecule has 0 bridgehead atoms. The van der Waals surface area contributed by atoms with Gasteiger partial charge in [0.25, 0.3) is 0 Å². The first-order chi connectivity index (χ1) is 10.4. The highest BCUT2D eigenvalue weighted by Gasteiger charge is 2.54. The summed E-state index contributed by atoms with van der Waals surface area (Å²) in [6.45, 7) is 2.67. The molecule has 0 spiro atoms. The lowest BCUT2D eigenvalue weighted by Gasteiger charge is -2.12. The molecule has 5 unspecified atom stereocenters. The van der Waals surface area contributed by atoms with Crippen LogP contribution in [-0.2, 0) is 0 Å². The van der Waals surface area contributed by atoms with Crippen LogP contribution in [0.3, 0.4) is 0 Å². The molecule has 0 amide bonds. The van der Waals surface area contributed by atoms with Crippen molar-refractivity contribution in [3.63, 3.8) is 0 Å². The number of hydrogen-bond acceptors (Lipinski definition) is 0. The van der Waals surface area contributed by atoms with Gasteiger partial charge in [-0.05, 0) is 60.1 Å². The zero-order chi connectivity index (χ0) is 14.2. The average Bonchev–Trinajstić information content (AvgIpc) is 3.25. The molecule has 2 saturated heterocycles. The van der Waals surface area contributed by atoms with Crippen LogP contribution in [0.1, 0.15) is 84.0 Å². The summed E-state index contributed by atoms with van der Waals surface area (Å²) in [6.07, 6.45) is 20.6. The molecule has 2 heterocycles. The summed E-state index contributed by atoms with van der Waals surface area (Å²) in [6, 6.07) is 0. The van der Waals surface area contributed by atoms with E-state index in [-0.39, 0.29) is 0 Å². The summed E-state index contributed by atoms with van der Waals surface area (Å²) in [5, 5.41) is 0. The molecule has 21 heavy (non-hydrogen) atoms. The van der Waals surface area contributed by atoms with E-state index in [1.807, 2.05) is 0 Å². The van der Waals surface area contributed by atoms with Gasteiger partial charge in [0.05, 0.1) is 0 Å². The minimum absolute atomic E-state index is 0.472. The smallest absolute Gasteiger partial charge is 0.0136 e. The zero-order valence-corrected chi connectivity index (χ0v) is 15.8. The second-order valence-electron chi connectivity index (χ2n) is 8.25. The van der Waals surface area contributed by atoms with Crippen molar-refractivity contribution in [1.82, 2.24) is 0 Å². The van der Waals surface area contributed by atoms with E-state index in [1.165, 1.54) is 35.5 Å². The van der Waals surface area contributed by atoms with Crippen LogP contribution < -0.4 is 0 Å². The van der Waals surface area contributed by atoms with E-state index in [1.54, 1.807) is 70.4 Å². The SMILES string of the molecule is CC(CP1C2CCCCCCC21)P1C2CCCCCCC21. The first-order valence-corrected chi connectivity index (χ1v) is 13.1. The van der Waals surface area contributed by atoms with E-state index in [0.717, 1.165) is 5.66 Å². The molecule has 2 aliphatic carbocycles. The van der Waals surface area contributed by atoms with Crippen molar-refractivity contribution in [3.05, 3.63) is 0 Å². The minimum atomic E-state index is 0.472. The summed E-state index contributed by atoms with van der Waals surface area (Å²) in [5.74, 6) is 0. The van der Waals surface area contributed by atoms with E-state index in [2.05, 4.69) is 6.92 Å². The Morgan fingerprint density at radius 3 is 1.57 bits per heavy atom. The Hall–Kier alpha value is 0.860. The van der Waals surface area contributed by atoms with Crippen LogP contribution in [0.2, 0.25) is 0 Å². The van der Waals surface area contributed by atoms with Crippen molar-refractivity contribution < 1.29 is 0 Å². The highest BCUT2D eigenvalue weighted by Crippen LogP contribution is 2.77. The van der Waals surface area contributed by atoms with Crippen molar-refractivity contribution >= 4 is 15.8 Å². The second-order valence-corrected chi connectivity index (χ2v) is 14.1. The Morgan fingerprint density at radius 2 is 1.10 bits per heavy atom. The molecule has 0 aromatic rings. The van der Waals surface area contributed by atoms with Gasteiger partial charge in [-0.2, -0.15) is 0 Å². The van der Waals surface area contributed by atoms with Crippen molar-refractivity contribution in [1.29, 1.82) is 0 Å². The molecule has 0 radical (unpaired) electrons. The molecule has 2 saturated carbocycles. The van der Waals surface area contributed by atoms with Crippen molar-refractivity contribution in [2.45, 2.75) is 112 Å². The van der Waals surface area contributed by atoms with Gasteiger partial charge in [0.15, 0.2) is 0 Å². The third kappa shape index (κ3) is 3.38. The van der Waals surface area contributed by atoms with E-state index in [0.29, 0.717) is 15.8 Å². The second kappa shape index (κ2) is 6.77. The summed E-state index contributed by atoms with van der Waals surface area (Å²) >= 11 is 0. The van der Waals surface area contributed by atoms with E-state index in [4.69, 9.17) is 0 Å². The first kappa shape index (κ1) is 15.4. The maximum absolute atomic E-state index is 2.67. The Labute approximate surface area is 134 Å². The van der Waals surface area contributed by atoms with Crippen LogP contribution in [0, 0.1) is 0 Å². The van der Waals surface area contributed by atoms with Crippen molar-refractivity contribution in [2.24, 2.45) is 0 Å². The van der Waals surface area contributed by atoms with E-state index < -0.39 is 0 Å². The summed E-state index contributed by atoms with van der Waals surface area (Å²) in [7, 11) is 0.967. The van der Waals surface area contributed by atoms with Gasteiger partial charge < -0.3 is 0 Å². The standard InChI is InChI=1S/C19H34P2/c1-15(21-18-12-8-4-5-9-13-19(18)21)14-20-16-10-6-2-3-7-11-17(16)20/h15-19H,2-14H2,1H3. The molecule has 120 valence electrons. The molecular formula is C19H34P2. The van der Waals surface area contributed by atoms with Gasteiger partial charge >= 0.3 is 0 Å². The van der Waals surface area contributed by atoms with Gasteiger partial charge in [0, 0.05) is 0 Å². The maximum Gasteiger partial charge on any atom is -0.0136 e. The molecule has 0 aromatic carbocycles. The van der Waals surface area contributed by atoms with Gasteiger partial charge in [-0.15, -0.1) is 0 Å². The Morgan fingerprint density at radius 1 is 0.667 bits per heavy atom. The lowest BCUT2D eigenvalue weighted by Crippen LogP contribution is -1.99. The molecule has 0 nitrogen and oxygen atoms in total. The number of rotatable bonds is 3. The molecule has 5 atom stereocenters. The molecule has 0 N–H and O–H groups in total. The fraction of sp³-hybridized carbons (Fsp3) is 1.00. The minimum Gasteiger partial charge on any atom is -0.0984 e. The van der Waals surface area contributed by atoms with Crippen LogP contribution in [0.25, 0.3) is 0 Å². The molecule has 2 aliphatic heterocycles.